The van der Waals surface area contributed by atoms with Gasteiger partial charge in [-0.25, -0.2) is 0 Å². The minimum Gasteiger partial charge on any atom is -0.290 e. The van der Waals surface area contributed by atoms with Crippen LogP contribution >= 0.6 is 0 Å². The highest BCUT2D eigenvalue weighted by atomic mass is 16.1. The van der Waals surface area contributed by atoms with Gasteiger partial charge in [-0.2, -0.15) is 0 Å². The first-order valence-corrected chi connectivity index (χ1v) is 3.92. The van der Waals surface area contributed by atoms with Gasteiger partial charge in [0.2, 0.25) is 0 Å². The largest absolute Gasteiger partial charge is 0.290 e. The molecule has 0 aliphatic heterocycles. The van der Waals surface area contributed by atoms with Crippen LogP contribution in [0.5, 0.6) is 0 Å². The summed E-state index contributed by atoms with van der Waals surface area (Å²) in [7, 11) is 0. The molecule has 0 aromatic heterocycles. The average Bonchev–Trinajstić information content (AvgIpc) is 1.85. The van der Waals surface area contributed by atoms with Crippen molar-refractivity contribution in [2.75, 3.05) is 0 Å². The van der Waals surface area contributed by atoms with E-state index in [1.54, 1.807) is 12.2 Å². The van der Waals surface area contributed by atoms with Crippen molar-refractivity contribution in [1.82, 2.24) is 0 Å². The van der Waals surface area contributed by atoms with Gasteiger partial charge in [0.1, 0.15) is 0 Å². The Morgan fingerprint density at radius 1 is 1.18 bits per heavy atom. The first-order valence-electron chi connectivity index (χ1n) is 3.92. The first kappa shape index (κ1) is 10.2. The van der Waals surface area contributed by atoms with Crippen molar-refractivity contribution in [3.05, 3.63) is 23.3 Å². The van der Waals surface area contributed by atoms with E-state index in [9.17, 15) is 4.79 Å². The Balaban J connectivity index is 4.19. The second-order valence-corrected chi connectivity index (χ2v) is 2.97. The fourth-order valence-corrected chi connectivity index (χ4v) is 0.671. The molecule has 0 unspecified atom stereocenters. The molecule has 0 aliphatic rings. The molecule has 62 valence electrons. The molecule has 0 atom stereocenters. The van der Waals surface area contributed by atoms with Crippen LogP contribution in [0.15, 0.2) is 23.3 Å². The van der Waals surface area contributed by atoms with Gasteiger partial charge in [0.05, 0.1) is 0 Å². The number of allylic oxidation sites excluding steroid dienone is 4. The number of hydrogen-bond acceptors (Lipinski definition) is 1. The van der Waals surface area contributed by atoms with Crippen LogP contribution in [0.2, 0.25) is 0 Å². The topological polar surface area (TPSA) is 17.1 Å². The molecule has 0 aromatic carbocycles. The Bertz CT molecular complexity index is 193. The van der Waals surface area contributed by atoms with Crippen molar-refractivity contribution in [2.24, 2.45) is 0 Å². The summed E-state index contributed by atoms with van der Waals surface area (Å²) in [4.78, 5) is 11.1. The summed E-state index contributed by atoms with van der Waals surface area (Å²) in [6.07, 6.45) is 4.29. The molecule has 0 N–H and O–H groups in total. The standard InChI is InChI=1S/C10H16O/c1-5-9(4)7-10(11)6-8(2)3/h6-7H,5H2,1-4H3/b9-7-. The minimum atomic E-state index is 0.101. The quantitative estimate of drug-likeness (QED) is 0.568. The van der Waals surface area contributed by atoms with Crippen molar-refractivity contribution in [1.29, 1.82) is 0 Å². The number of rotatable bonds is 3. The van der Waals surface area contributed by atoms with Crippen LogP contribution in [0.1, 0.15) is 34.1 Å². The predicted octanol–water partition coefficient (Wildman–Crippen LogP) is 2.88. The molecule has 0 aromatic rings. The highest BCUT2D eigenvalue weighted by Crippen LogP contribution is 1.99. The molecule has 0 bridgehead atoms. The lowest BCUT2D eigenvalue weighted by Gasteiger charge is -1.91. The van der Waals surface area contributed by atoms with Crippen molar-refractivity contribution in [3.8, 4) is 0 Å². The number of hydrogen-bond donors (Lipinski definition) is 0. The summed E-state index contributed by atoms with van der Waals surface area (Å²) < 4.78 is 0. The lowest BCUT2D eigenvalue weighted by atomic mass is 10.1. The van der Waals surface area contributed by atoms with E-state index < -0.39 is 0 Å². The van der Waals surface area contributed by atoms with Gasteiger partial charge in [0.25, 0.3) is 0 Å². The summed E-state index contributed by atoms with van der Waals surface area (Å²) in [6, 6.07) is 0. The second-order valence-electron chi connectivity index (χ2n) is 2.97. The zero-order valence-electron chi connectivity index (χ0n) is 7.77. The van der Waals surface area contributed by atoms with Crippen molar-refractivity contribution >= 4 is 5.78 Å². The summed E-state index contributed by atoms with van der Waals surface area (Å²) in [5.74, 6) is 0.101. The summed E-state index contributed by atoms with van der Waals surface area (Å²) >= 11 is 0. The molecule has 0 heterocycles. The molecule has 1 heteroatoms. The molecule has 0 saturated carbocycles. The molecule has 0 rings (SSSR count). The number of carbonyl (C=O) groups is 1. The summed E-state index contributed by atoms with van der Waals surface area (Å²) in [5, 5.41) is 0. The van der Waals surface area contributed by atoms with E-state index in [0.717, 1.165) is 17.6 Å². The van der Waals surface area contributed by atoms with Crippen molar-refractivity contribution < 1.29 is 4.79 Å². The predicted molar refractivity (Wildman–Crippen MR) is 48.5 cm³/mol. The Labute approximate surface area is 68.8 Å². The Kier molecular flexibility index (Phi) is 4.51. The highest BCUT2D eigenvalue weighted by molar-refractivity contribution is 5.99. The van der Waals surface area contributed by atoms with Gasteiger partial charge in [-0.3, -0.25) is 4.79 Å². The molecule has 0 saturated heterocycles. The smallest absolute Gasteiger partial charge is 0.178 e. The van der Waals surface area contributed by atoms with E-state index in [4.69, 9.17) is 0 Å². The number of ketones is 1. The zero-order chi connectivity index (χ0) is 8.85. The maximum absolute atomic E-state index is 11.1. The van der Waals surface area contributed by atoms with Crippen LogP contribution in [0, 0.1) is 0 Å². The van der Waals surface area contributed by atoms with Crippen LogP contribution < -0.4 is 0 Å². The van der Waals surface area contributed by atoms with Crippen LogP contribution in [0.3, 0.4) is 0 Å². The summed E-state index contributed by atoms with van der Waals surface area (Å²) in [6.45, 7) is 7.86. The van der Waals surface area contributed by atoms with E-state index in [2.05, 4.69) is 0 Å². The van der Waals surface area contributed by atoms with Gasteiger partial charge in [-0.15, -0.1) is 0 Å². The molecular weight excluding hydrogens is 136 g/mol. The lowest BCUT2D eigenvalue weighted by Crippen LogP contribution is -1.88. The minimum absolute atomic E-state index is 0.101. The molecule has 0 fully saturated rings. The molecule has 11 heavy (non-hydrogen) atoms. The second kappa shape index (κ2) is 4.89. The SMILES string of the molecule is CC/C(C)=C\C(=O)C=C(C)C. The molecule has 0 radical (unpaired) electrons. The van der Waals surface area contributed by atoms with E-state index in [1.165, 1.54) is 0 Å². The molecule has 0 spiro atoms. The van der Waals surface area contributed by atoms with Crippen LogP contribution in [0.25, 0.3) is 0 Å². The van der Waals surface area contributed by atoms with Crippen molar-refractivity contribution in [3.63, 3.8) is 0 Å². The van der Waals surface area contributed by atoms with E-state index in [-0.39, 0.29) is 5.78 Å². The third-order valence-corrected chi connectivity index (χ3v) is 1.38. The average molecular weight is 152 g/mol. The third kappa shape index (κ3) is 5.59. The summed E-state index contributed by atoms with van der Waals surface area (Å²) in [5.41, 5.74) is 2.18. The maximum Gasteiger partial charge on any atom is 0.178 e. The van der Waals surface area contributed by atoms with Gasteiger partial charge in [0.15, 0.2) is 5.78 Å². The van der Waals surface area contributed by atoms with Crippen LogP contribution in [-0.4, -0.2) is 5.78 Å². The normalized spacial score (nSPS) is 11.1. The van der Waals surface area contributed by atoms with Crippen LogP contribution in [0.4, 0.5) is 0 Å². The Morgan fingerprint density at radius 3 is 2.09 bits per heavy atom. The van der Waals surface area contributed by atoms with Gasteiger partial charge in [0, 0.05) is 0 Å². The Hall–Kier alpha value is -0.850. The molecule has 1 nitrogen and oxygen atoms in total. The number of carbonyl (C=O) groups excluding carboxylic acids is 1. The third-order valence-electron chi connectivity index (χ3n) is 1.38. The van der Waals surface area contributed by atoms with Crippen molar-refractivity contribution in [2.45, 2.75) is 34.1 Å². The van der Waals surface area contributed by atoms with Gasteiger partial charge >= 0.3 is 0 Å². The van der Waals surface area contributed by atoms with E-state index >= 15 is 0 Å². The fraction of sp³-hybridized carbons (Fsp3) is 0.500. The van der Waals surface area contributed by atoms with Gasteiger partial charge in [-0.05, 0) is 39.3 Å². The van der Waals surface area contributed by atoms with E-state index in [1.807, 2.05) is 27.7 Å². The van der Waals surface area contributed by atoms with E-state index in [0.29, 0.717) is 0 Å². The maximum atomic E-state index is 11.1. The zero-order valence-corrected chi connectivity index (χ0v) is 7.77. The molecule has 0 amide bonds. The monoisotopic (exact) mass is 152 g/mol. The van der Waals surface area contributed by atoms with Crippen LogP contribution in [-0.2, 0) is 4.79 Å². The van der Waals surface area contributed by atoms with Gasteiger partial charge < -0.3 is 0 Å². The molecule has 0 aliphatic carbocycles. The Morgan fingerprint density at radius 2 is 1.73 bits per heavy atom. The fourth-order valence-electron chi connectivity index (χ4n) is 0.671. The first-order chi connectivity index (χ1) is 5.06. The lowest BCUT2D eigenvalue weighted by molar-refractivity contribution is -0.110. The highest BCUT2D eigenvalue weighted by Gasteiger charge is 1.91. The van der Waals surface area contributed by atoms with Gasteiger partial charge in [-0.1, -0.05) is 18.1 Å². The molecular formula is C10H16O.